The van der Waals surface area contributed by atoms with Gasteiger partial charge in [0.05, 0.1) is 12.7 Å². The molecule has 0 spiro atoms. The number of ether oxygens (including phenoxy) is 1. The molecule has 1 aromatic rings. The highest BCUT2D eigenvalue weighted by molar-refractivity contribution is 6.30. The van der Waals surface area contributed by atoms with Crippen LogP contribution in [-0.4, -0.2) is 42.3 Å². The summed E-state index contributed by atoms with van der Waals surface area (Å²) >= 11 is 6.07. The fourth-order valence-electron chi connectivity index (χ4n) is 4.86. The van der Waals surface area contributed by atoms with Crippen molar-refractivity contribution in [2.24, 2.45) is 16.6 Å². The van der Waals surface area contributed by atoms with Crippen molar-refractivity contribution in [2.45, 2.75) is 51.2 Å². The third-order valence-corrected chi connectivity index (χ3v) is 7.07. The molecule has 33 heavy (non-hydrogen) atoms. The minimum absolute atomic E-state index is 0.0769. The number of nitrogens with two attached hydrogens (primary N) is 1. The van der Waals surface area contributed by atoms with E-state index in [2.05, 4.69) is 28.6 Å². The molecule has 6 heteroatoms. The van der Waals surface area contributed by atoms with Crippen molar-refractivity contribution in [1.29, 1.82) is 0 Å². The van der Waals surface area contributed by atoms with Gasteiger partial charge in [-0.25, -0.2) is 4.99 Å². The standard InChI is InChI=1S/C27H32ClN3O2/c1-4-19(6-5-13-30-26(29)25-17(2)16-33-18(25)3)27(32)31-15-22(14-24(31)21-7-8-21)20-9-11-23(28)12-10-20/h4-6,9-13,18,21-22,24H,2,7-8,14-16,29H2,1,3H3/b6-5-,19-4+,26-25+,30-13+/t18-,22?,24+/m1/s1. The normalized spacial score (nSPS) is 27.8. The zero-order valence-electron chi connectivity index (χ0n) is 19.3. The van der Waals surface area contributed by atoms with Gasteiger partial charge in [-0.1, -0.05) is 36.4 Å². The number of allylic oxidation sites excluding steroid dienone is 2. The van der Waals surface area contributed by atoms with Crippen molar-refractivity contribution < 1.29 is 9.53 Å². The van der Waals surface area contributed by atoms with Crippen LogP contribution >= 0.6 is 11.6 Å². The molecule has 1 saturated carbocycles. The number of rotatable bonds is 6. The largest absolute Gasteiger partial charge is 0.383 e. The lowest BCUT2D eigenvalue weighted by atomic mass is 9.95. The van der Waals surface area contributed by atoms with E-state index in [0.29, 0.717) is 35.9 Å². The predicted molar refractivity (Wildman–Crippen MR) is 134 cm³/mol. The number of benzene rings is 1. The summed E-state index contributed by atoms with van der Waals surface area (Å²) in [5.74, 6) is 1.44. The van der Waals surface area contributed by atoms with E-state index in [1.807, 2.05) is 38.1 Å². The molecule has 3 fully saturated rings. The quantitative estimate of drug-likeness (QED) is 0.358. The maximum Gasteiger partial charge on any atom is 0.253 e. The van der Waals surface area contributed by atoms with Crippen LogP contribution in [0.2, 0.25) is 5.02 Å². The van der Waals surface area contributed by atoms with E-state index >= 15 is 0 Å². The Morgan fingerprint density at radius 1 is 1.30 bits per heavy atom. The van der Waals surface area contributed by atoms with E-state index in [9.17, 15) is 4.79 Å². The molecule has 5 nitrogen and oxygen atoms in total. The van der Waals surface area contributed by atoms with Gasteiger partial charge in [-0.05, 0) is 74.4 Å². The van der Waals surface area contributed by atoms with Gasteiger partial charge in [0.1, 0.15) is 5.82 Å². The first-order chi connectivity index (χ1) is 15.9. The molecular weight excluding hydrogens is 434 g/mol. The van der Waals surface area contributed by atoms with E-state index in [-0.39, 0.29) is 12.0 Å². The lowest BCUT2D eigenvalue weighted by Gasteiger charge is -2.25. The van der Waals surface area contributed by atoms with Crippen LogP contribution in [0.5, 0.6) is 0 Å². The smallest absolute Gasteiger partial charge is 0.253 e. The van der Waals surface area contributed by atoms with Gasteiger partial charge in [0.2, 0.25) is 0 Å². The highest BCUT2D eigenvalue weighted by Crippen LogP contribution is 2.45. The first kappa shape index (κ1) is 23.5. The lowest BCUT2D eigenvalue weighted by molar-refractivity contribution is -0.128. The molecule has 4 rings (SSSR count). The third-order valence-electron chi connectivity index (χ3n) is 6.82. The van der Waals surface area contributed by atoms with Gasteiger partial charge in [0.15, 0.2) is 0 Å². The van der Waals surface area contributed by atoms with Crippen molar-refractivity contribution in [2.75, 3.05) is 13.2 Å². The average molecular weight is 466 g/mol. The van der Waals surface area contributed by atoms with Crippen LogP contribution in [0.15, 0.2) is 76.6 Å². The number of halogens is 1. The Bertz CT molecular complexity index is 1030. The molecule has 1 aliphatic carbocycles. The topological polar surface area (TPSA) is 67.9 Å². The summed E-state index contributed by atoms with van der Waals surface area (Å²) in [6, 6.07) is 8.33. The summed E-state index contributed by atoms with van der Waals surface area (Å²) < 4.78 is 5.53. The van der Waals surface area contributed by atoms with Crippen LogP contribution in [0.4, 0.5) is 0 Å². The molecule has 0 radical (unpaired) electrons. The second kappa shape index (κ2) is 10.1. The zero-order chi connectivity index (χ0) is 23.5. The van der Waals surface area contributed by atoms with Crippen LogP contribution in [0.25, 0.3) is 0 Å². The minimum atomic E-state index is -0.102. The van der Waals surface area contributed by atoms with Crippen molar-refractivity contribution in [3.63, 3.8) is 0 Å². The summed E-state index contributed by atoms with van der Waals surface area (Å²) in [7, 11) is 0. The van der Waals surface area contributed by atoms with Crippen LogP contribution in [0.1, 0.15) is 44.6 Å². The summed E-state index contributed by atoms with van der Waals surface area (Å²) in [5, 5.41) is 0.738. The van der Waals surface area contributed by atoms with E-state index in [0.717, 1.165) is 29.1 Å². The van der Waals surface area contributed by atoms with E-state index < -0.39 is 0 Å². The summed E-state index contributed by atoms with van der Waals surface area (Å²) in [6.45, 7) is 9.03. The molecule has 2 saturated heterocycles. The van der Waals surface area contributed by atoms with Gasteiger partial charge in [0, 0.05) is 40.9 Å². The number of likely N-dealkylation sites (tertiary alicyclic amines) is 1. The summed E-state index contributed by atoms with van der Waals surface area (Å²) in [4.78, 5) is 19.9. The molecule has 1 amide bonds. The summed E-state index contributed by atoms with van der Waals surface area (Å²) in [5.41, 5.74) is 9.74. The van der Waals surface area contributed by atoms with E-state index in [1.165, 1.54) is 18.4 Å². The number of carbonyl (C=O) groups is 1. The van der Waals surface area contributed by atoms with Gasteiger partial charge in [-0.3, -0.25) is 4.79 Å². The Hall–Kier alpha value is -2.63. The number of amides is 1. The van der Waals surface area contributed by atoms with Crippen molar-refractivity contribution in [3.8, 4) is 0 Å². The molecule has 1 unspecified atom stereocenters. The molecule has 2 heterocycles. The van der Waals surface area contributed by atoms with Crippen molar-refractivity contribution >= 4 is 23.7 Å². The fraction of sp³-hybridized carbons (Fsp3) is 0.407. The minimum Gasteiger partial charge on any atom is -0.383 e. The molecular formula is C27H32ClN3O2. The van der Waals surface area contributed by atoms with Crippen molar-refractivity contribution in [1.82, 2.24) is 4.90 Å². The van der Waals surface area contributed by atoms with E-state index in [4.69, 9.17) is 22.1 Å². The molecule has 2 aliphatic heterocycles. The first-order valence-electron chi connectivity index (χ1n) is 11.6. The van der Waals surface area contributed by atoms with Gasteiger partial charge in [0.25, 0.3) is 5.91 Å². The third kappa shape index (κ3) is 5.31. The highest BCUT2D eigenvalue weighted by Gasteiger charge is 2.44. The van der Waals surface area contributed by atoms with Crippen LogP contribution in [-0.2, 0) is 9.53 Å². The Kier molecular flexibility index (Phi) is 7.20. The van der Waals surface area contributed by atoms with Gasteiger partial charge < -0.3 is 15.4 Å². The van der Waals surface area contributed by atoms with Crippen LogP contribution in [0, 0.1) is 5.92 Å². The summed E-state index contributed by atoms with van der Waals surface area (Å²) in [6.07, 6.45) is 10.4. The van der Waals surface area contributed by atoms with Crippen LogP contribution < -0.4 is 5.73 Å². The monoisotopic (exact) mass is 465 g/mol. The lowest BCUT2D eigenvalue weighted by Crippen LogP contribution is -2.37. The van der Waals surface area contributed by atoms with Gasteiger partial charge in [-0.15, -0.1) is 0 Å². The van der Waals surface area contributed by atoms with E-state index in [1.54, 1.807) is 12.3 Å². The van der Waals surface area contributed by atoms with Crippen LogP contribution in [0.3, 0.4) is 0 Å². The Morgan fingerprint density at radius 2 is 2.03 bits per heavy atom. The maximum atomic E-state index is 13.5. The number of nitrogens with zero attached hydrogens (tertiary/aromatic N) is 2. The van der Waals surface area contributed by atoms with Gasteiger partial charge >= 0.3 is 0 Å². The molecule has 3 aliphatic rings. The SMILES string of the molecule is C=C1CO[C@H](C)/C1=C(N)/N=C/C=C\C(=C/C)C(=O)N1CC(c2ccc(Cl)cc2)C[C@H]1C1CC1. The number of hydrogen-bond acceptors (Lipinski definition) is 4. The molecule has 0 aromatic heterocycles. The maximum absolute atomic E-state index is 13.5. The first-order valence-corrected chi connectivity index (χ1v) is 12.0. The molecule has 174 valence electrons. The molecule has 0 bridgehead atoms. The Labute approximate surface area is 201 Å². The second-order valence-corrected chi connectivity index (χ2v) is 9.52. The average Bonchev–Trinajstić information content (AvgIpc) is 3.46. The zero-order valence-corrected chi connectivity index (χ0v) is 20.1. The number of carbonyl (C=O) groups excluding carboxylic acids is 1. The molecule has 3 atom stereocenters. The highest BCUT2D eigenvalue weighted by atomic mass is 35.5. The van der Waals surface area contributed by atoms with Crippen molar-refractivity contribution in [3.05, 3.63) is 82.2 Å². The predicted octanol–water partition coefficient (Wildman–Crippen LogP) is 5.15. The fourth-order valence-corrected chi connectivity index (χ4v) is 4.99. The number of hydrogen-bond donors (Lipinski definition) is 1. The Morgan fingerprint density at radius 3 is 2.64 bits per heavy atom. The number of aliphatic imine (C=N–C) groups is 1. The molecule has 2 N–H and O–H groups in total. The Balaban J connectivity index is 1.45. The second-order valence-electron chi connectivity index (χ2n) is 9.08. The van der Waals surface area contributed by atoms with Gasteiger partial charge in [-0.2, -0.15) is 0 Å². The molecule has 1 aromatic carbocycles.